The Labute approximate surface area is 191 Å². The van der Waals surface area contributed by atoms with E-state index < -0.39 is 5.92 Å². The van der Waals surface area contributed by atoms with Crippen LogP contribution in [-0.4, -0.2) is 31.1 Å². The molecule has 0 saturated heterocycles. The summed E-state index contributed by atoms with van der Waals surface area (Å²) in [7, 11) is 0. The van der Waals surface area contributed by atoms with Crippen molar-refractivity contribution in [2.45, 2.75) is 56.5 Å². The number of aliphatic imine (C=N–C) groups is 2. The molecule has 0 radical (unpaired) electrons. The highest BCUT2D eigenvalue weighted by Crippen LogP contribution is 2.45. The Bertz CT molecular complexity index is 1080. The molecule has 0 aromatic heterocycles. The molecule has 0 amide bonds. The molecule has 5 rings (SSSR count). The molecule has 2 heterocycles. The Hall–Kier alpha value is -2.47. The van der Waals surface area contributed by atoms with Gasteiger partial charge in [-0.3, -0.25) is 0 Å². The van der Waals surface area contributed by atoms with Crippen molar-refractivity contribution in [3.8, 4) is 0 Å². The van der Waals surface area contributed by atoms with Crippen LogP contribution >= 0.6 is 11.6 Å². The molecule has 2 aliphatic heterocycles. The van der Waals surface area contributed by atoms with Crippen LogP contribution in [0.3, 0.4) is 0 Å². The lowest BCUT2D eigenvalue weighted by atomic mass is 9.98. The molecule has 2 aromatic carbocycles. The number of rotatable bonds is 7. The van der Waals surface area contributed by atoms with Crippen LogP contribution in [0.4, 0.5) is 8.78 Å². The summed E-state index contributed by atoms with van der Waals surface area (Å²) in [5, 5.41) is 0.756. The fourth-order valence-corrected chi connectivity index (χ4v) is 4.50. The zero-order valence-corrected chi connectivity index (χ0v) is 18.6. The summed E-state index contributed by atoms with van der Waals surface area (Å²) in [6.45, 7) is 1.85. The molecular formula is C25H25ClF2N2O2. The van der Waals surface area contributed by atoms with Crippen molar-refractivity contribution in [3.05, 3.63) is 69.7 Å². The van der Waals surface area contributed by atoms with Crippen LogP contribution in [0.1, 0.15) is 60.4 Å². The number of alkyl halides is 2. The fourth-order valence-electron chi connectivity index (χ4n) is 4.32. The van der Waals surface area contributed by atoms with E-state index in [1.165, 1.54) is 30.0 Å². The Balaban J connectivity index is 1.24. The second kappa shape index (κ2) is 8.47. The molecule has 1 aliphatic carbocycles. The maximum Gasteiger partial charge on any atom is 0.270 e. The number of nitrogens with zero attached hydrogens (tertiary/aromatic N) is 2. The van der Waals surface area contributed by atoms with Gasteiger partial charge in [0.25, 0.3) is 5.92 Å². The predicted molar refractivity (Wildman–Crippen MR) is 121 cm³/mol. The minimum absolute atomic E-state index is 0.0191. The van der Waals surface area contributed by atoms with Gasteiger partial charge in [-0.05, 0) is 60.1 Å². The number of ether oxygens (including phenoxy) is 2. The highest BCUT2D eigenvalue weighted by atomic mass is 35.5. The lowest BCUT2D eigenvalue weighted by Gasteiger charge is -2.12. The van der Waals surface area contributed by atoms with E-state index in [-0.39, 0.29) is 17.6 Å². The van der Waals surface area contributed by atoms with Crippen molar-refractivity contribution in [2.75, 3.05) is 13.2 Å². The summed E-state index contributed by atoms with van der Waals surface area (Å²) in [4.78, 5) is 9.41. The highest BCUT2D eigenvalue weighted by molar-refractivity contribution is 6.30. The molecule has 3 aliphatic rings. The van der Waals surface area contributed by atoms with Gasteiger partial charge < -0.3 is 9.47 Å². The Morgan fingerprint density at radius 3 is 2.56 bits per heavy atom. The molecule has 2 unspecified atom stereocenters. The van der Waals surface area contributed by atoms with E-state index in [4.69, 9.17) is 26.1 Å². The Morgan fingerprint density at radius 1 is 1.00 bits per heavy atom. The minimum Gasteiger partial charge on any atom is -0.478 e. The van der Waals surface area contributed by atoms with E-state index in [0.717, 1.165) is 17.5 Å². The summed E-state index contributed by atoms with van der Waals surface area (Å²) in [5.41, 5.74) is 3.32. The summed E-state index contributed by atoms with van der Waals surface area (Å²) in [5.74, 6) is -1.06. The van der Waals surface area contributed by atoms with Crippen LogP contribution < -0.4 is 0 Å². The molecule has 168 valence electrons. The van der Waals surface area contributed by atoms with Crippen LogP contribution in [0.5, 0.6) is 0 Å². The van der Waals surface area contributed by atoms with Gasteiger partial charge in [0.05, 0.1) is 12.5 Å². The number of benzene rings is 2. The first-order chi connectivity index (χ1) is 15.3. The summed E-state index contributed by atoms with van der Waals surface area (Å²) in [6, 6.07) is 12.4. The van der Waals surface area contributed by atoms with Crippen molar-refractivity contribution in [1.29, 1.82) is 0 Å². The zero-order chi connectivity index (χ0) is 22.3. The van der Waals surface area contributed by atoms with E-state index in [1.54, 1.807) is 12.1 Å². The van der Waals surface area contributed by atoms with Crippen molar-refractivity contribution >= 4 is 23.4 Å². The zero-order valence-electron chi connectivity index (χ0n) is 17.9. The van der Waals surface area contributed by atoms with Crippen molar-refractivity contribution in [2.24, 2.45) is 9.98 Å². The van der Waals surface area contributed by atoms with Gasteiger partial charge in [-0.2, -0.15) is 0 Å². The molecule has 2 aromatic rings. The van der Waals surface area contributed by atoms with Gasteiger partial charge in [0.2, 0.25) is 0 Å². The van der Waals surface area contributed by atoms with Crippen LogP contribution in [0, 0.1) is 0 Å². The average molecular weight is 459 g/mol. The van der Waals surface area contributed by atoms with Gasteiger partial charge in [-0.1, -0.05) is 35.9 Å². The Kier molecular flexibility index (Phi) is 5.66. The summed E-state index contributed by atoms with van der Waals surface area (Å²) in [6.07, 6.45) is 3.36. The molecule has 0 spiro atoms. The van der Waals surface area contributed by atoms with E-state index in [0.29, 0.717) is 43.8 Å². The second-order valence-corrected chi connectivity index (χ2v) is 9.29. The van der Waals surface area contributed by atoms with Crippen LogP contribution in [0.15, 0.2) is 52.4 Å². The van der Waals surface area contributed by atoms with Gasteiger partial charge in [0.15, 0.2) is 11.8 Å². The first kappa shape index (κ1) is 21.4. The molecule has 7 heteroatoms. The molecule has 1 fully saturated rings. The Morgan fingerprint density at radius 2 is 1.78 bits per heavy atom. The van der Waals surface area contributed by atoms with Gasteiger partial charge in [0, 0.05) is 17.5 Å². The van der Waals surface area contributed by atoms with E-state index in [9.17, 15) is 8.78 Å². The average Bonchev–Trinajstić information content (AvgIpc) is 3.35. The quantitative estimate of drug-likeness (QED) is 0.493. The first-order valence-electron chi connectivity index (χ1n) is 11.0. The number of hydrogen-bond acceptors (Lipinski definition) is 4. The maximum absolute atomic E-state index is 13.6. The van der Waals surface area contributed by atoms with Crippen molar-refractivity contribution in [1.82, 2.24) is 0 Å². The van der Waals surface area contributed by atoms with Crippen LogP contribution in [-0.2, 0) is 21.8 Å². The lowest BCUT2D eigenvalue weighted by Crippen LogP contribution is -2.12. The predicted octanol–water partition coefficient (Wildman–Crippen LogP) is 6.23. The largest absolute Gasteiger partial charge is 0.478 e. The third-order valence-corrected chi connectivity index (χ3v) is 6.34. The number of hydrogen-bond donors (Lipinski definition) is 0. The highest BCUT2D eigenvalue weighted by Gasteiger charge is 2.32. The van der Waals surface area contributed by atoms with E-state index >= 15 is 0 Å². The summed E-state index contributed by atoms with van der Waals surface area (Å²) < 4.78 is 38.8. The summed E-state index contributed by atoms with van der Waals surface area (Å²) >= 11 is 6.20. The van der Waals surface area contributed by atoms with Gasteiger partial charge in [-0.25, -0.2) is 18.8 Å². The van der Waals surface area contributed by atoms with Gasteiger partial charge in [0.1, 0.15) is 19.3 Å². The van der Waals surface area contributed by atoms with Crippen LogP contribution in [0.2, 0.25) is 5.02 Å². The standard InChI is InChI=1S/C25H25ClF2N2O2/c1-25(27,28)17-4-2-3-15(9-17)10-19-13-31-23(29-19)12-24-30-22(14-32-24)20-8-7-18(26)11-21(20)16-5-6-16/h2-4,7-9,11,16,19,22H,5-6,10,12-14H2,1H3. The van der Waals surface area contributed by atoms with Crippen LogP contribution in [0.25, 0.3) is 0 Å². The third-order valence-electron chi connectivity index (χ3n) is 6.11. The van der Waals surface area contributed by atoms with Gasteiger partial charge >= 0.3 is 0 Å². The molecular weight excluding hydrogens is 434 g/mol. The molecule has 2 atom stereocenters. The molecule has 32 heavy (non-hydrogen) atoms. The van der Waals surface area contributed by atoms with Crippen molar-refractivity contribution < 1.29 is 18.3 Å². The molecule has 0 N–H and O–H groups in total. The lowest BCUT2D eigenvalue weighted by molar-refractivity contribution is 0.0174. The van der Waals surface area contributed by atoms with E-state index in [2.05, 4.69) is 17.1 Å². The van der Waals surface area contributed by atoms with Crippen molar-refractivity contribution in [3.63, 3.8) is 0 Å². The third kappa shape index (κ3) is 4.80. The molecule has 0 bridgehead atoms. The SMILES string of the molecule is CC(F)(F)c1cccc(CC2COC(CC3=NC(c4ccc(Cl)cc4C4CC4)CO3)=N2)c1. The first-order valence-corrected chi connectivity index (χ1v) is 11.4. The van der Waals surface area contributed by atoms with Gasteiger partial charge in [-0.15, -0.1) is 0 Å². The normalized spacial score (nSPS) is 22.9. The minimum atomic E-state index is -2.85. The molecule has 4 nitrogen and oxygen atoms in total. The second-order valence-electron chi connectivity index (χ2n) is 8.85. The number of halogens is 3. The monoisotopic (exact) mass is 458 g/mol. The molecule has 1 saturated carbocycles. The topological polar surface area (TPSA) is 43.2 Å². The van der Waals surface area contributed by atoms with E-state index in [1.807, 2.05) is 12.1 Å². The fraction of sp³-hybridized carbons (Fsp3) is 0.440. The maximum atomic E-state index is 13.6. The smallest absolute Gasteiger partial charge is 0.270 e.